The number of ketones is 1. The minimum atomic E-state index is -3.01. The lowest BCUT2D eigenvalue weighted by Gasteiger charge is -2.21. The molecule has 2 fully saturated rings. The second kappa shape index (κ2) is 5.09. The minimum absolute atomic E-state index is 0.000688. The van der Waals surface area contributed by atoms with Crippen LogP contribution in [0.15, 0.2) is 30.3 Å². The van der Waals surface area contributed by atoms with Crippen molar-refractivity contribution in [1.82, 2.24) is 4.90 Å². The first-order chi connectivity index (χ1) is 9.97. The summed E-state index contributed by atoms with van der Waals surface area (Å²) in [7, 11) is 0. The molecule has 2 aliphatic rings. The number of benzene rings is 1. The van der Waals surface area contributed by atoms with E-state index in [4.69, 9.17) is 4.74 Å². The van der Waals surface area contributed by atoms with Crippen molar-refractivity contribution in [2.75, 3.05) is 6.54 Å². The topological polar surface area (TPSA) is 46.6 Å². The van der Waals surface area contributed by atoms with Crippen molar-refractivity contribution in [2.24, 2.45) is 5.92 Å². The lowest BCUT2D eigenvalue weighted by Crippen LogP contribution is -2.37. The van der Waals surface area contributed by atoms with E-state index in [2.05, 4.69) is 0 Å². The second-order valence-corrected chi connectivity index (χ2v) is 5.55. The third-order valence-corrected chi connectivity index (χ3v) is 4.11. The average Bonchev–Trinajstić information content (AvgIpc) is 2.95. The number of Topliss-reactive ketones (excluding diaryl/α,β-unsaturated/α-hetero) is 1. The van der Waals surface area contributed by atoms with Gasteiger partial charge in [-0.05, 0) is 5.56 Å². The minimum Gasteiger partial charge on any atom is -0.445 e. The first kappa shape index (κ1) is 14.0. The van der Waals surface area contributed by atoms with Crippen molar-refractivity contribution < 1.29 is 23.1 Å². The van der Waals surface area contributed by atoms with Gasteiger partial charge in [-0.25, -0.2) is 13.6 Å². The first-order valence-electron chi connectivity index (χ1n) is 6.84. The number of carbonyl (C=O) groups excluding carboxylic acids is 2. The molecule has 0 bridgehead atoms. The molecular formula is C15H15F2NO3. The number of amides is 1. The van der Waals surface area contributed by atoms with Crippen LogP contribution in [-0.4, -0.2) is 35.3 Å². The van der Waals surface area contributed by atoms with Crippen LogP contribution in [0, 0.1) is 5.92 Å². The lowest BCUT2D eigenvalue weighted by molar-refractivity contribution is -0.119. The maximum Gasteiger partial charge on any atom is 0.410 e. The van der Waals surface area contributed by atoms with Crippen LogP contribution in [0.3, 0.4) is 0 Å². The molecule has 1 amide bonds. The Balaban J connectivity index is 1.66. The normalized spacial score (nSPS) is 26.8. The van der Waals surface area contributed by atoms with Gasteiger partial charge in [0.05, 0.1) is 18.5 Å². The number of ether oxygens (including phenoxy) is 1. The predicted molar refractivity (Wildman–Crippen MR) is 69.8 cm³/mol. The highest BCUT2D eigenvalue weighted by Crippen LogP contribution is 2.45. The van der Waals surface area contributed by atoms with Crippen LogP contribution >= 0.6 is 0 Å². The Hall–Kier alpha value is -1.98. The van der Waals surface area contributed by atoms with Gasteiger partial charge in [-0.2, -0.15) is 0 Å². The number of rotatable bonds is 2. The molecule has 1 aromatic carbocycles. The van der Waals surface area contributed by atoms with E-state index >= 15 is 0 Å². The van der Waals surface area contributed by atoms with E-state index in [0.29, 0.717) is 0 Å². The molecule has 2 atom stereocenters. The van der Waals surface area contributed by atoms with Gasteiger partial charge in [-0.15, -0.1) is 0 Å². The molecule has 4 nitrogen and oxygen atoms in total. The molecule has 1 saturated carbocycles. The summed E-state index contributed by atoms with van der Waals surface area (Å²) in [5.41, 5.74) is 0.788. The van der Waals surface area contributed by atoms with E-state index in [1.54, 1.807) is 24.3 Å². The van der Waals surface area contributed by atoms with Gasteiger partial charge in [0.1, 0.15) is 12.4 Å². The van der Waals surface area contributed by atoms with Crippen molar-refractivity contribution in [1.29, 1.82) is 0 Å². The van der Waals surface area contributed by atoms with E-state index < -0.39 is 30.5 Å². The Kier molecular flexibility index (Phi) is 3.39. The number of hydrogen-bond donors (Lipinski definition) is 0. The van der Waals surface area contributed by atoms with Crippen molar-refractivity contribution in [3.63, 3.8) is 0 Å². The number of likely N-dealkylation sites (tertiary alicyclic amines) is 1. The summed E-state index contributed by atoms with van der Waals surface area (Å²) in [6, 6.07) is 8.29. The van der Waals surface area contributed by atoms with Crippen molar-refractivity contribution in [2.45, 2.75) is 31.4 Å². The fourth-order valence-corrected chi connectivity index (χ4v) is 3.06. The van der Waals surface area contributed by atoms with Crippen LogP contribution in [-0.2, 0) is 16.1 Å². The number of alkyl halides is 2. The van der Waals surface area contributed by atoms with Gasteiger partial charge in [-0.1, -0.05) is 30.3 Å². The van der Waals surface area contributed by atoms with Gasteiger partial charge in [0.25, 0.3) is 5.92 Å². The Morgan fingerprint density at radius 1 is 1.29 bits per heavy atom. The Labute approximate surface area is 120 Å². The maximum absolute atomic E-state index is 13.8. The summed E-state index contributed by atoms with van der Waals surface area (Å²) in [5.74, 6) is -4.29. The quantitative estimate of drug-likeness (QED) is 0.842. The monoisotopic (exact) mass is 295 g/mol. The number of hydrogen-bond acceptors (Lipinski definition) is 3. The van der Waals surface area contributed by atoms with Gasteiger partial charge >= 0.3 is 6.09 Å². The summed E-state index contributed by atoms with van der Waals surface area (Å²) in [4.78, 5) is 24.4. The van der Waals surface area contributed by atoms with E-state index in [0.717, 1.165) is 10.5 Å². The predicted octanol–water partition coefficient (Wildman–Crippen LogP) is 2.62. The zero-order valence-corrected chi connectivity index (χ0v) is 11.3. The van der Waals surface area contributed by atoms with Gasteiger partial charge in [-0.3, -0.25) is 9.69 Å². The summed E-state index contributed by atoms with van der Waals surface area (Å²) in [6.45, 7) is -0.629. The molecule has 0 spiro atoms. The van der Waals surface area contributed by atoms with E-state index in [-0.39, 0.29) is 25.2 Å². The first-order valence-corrected chi connectivity index (χ1v) is 6.84. The summed E-state index contributed by atoms with van der Waals surface area (Å²) in [5, 5.41) is 0. The van der Waals surface area contributed by atoms with Crippen LogP contribution in [0.2, 0.25) is 0 Å². The Morgan fingerprint density at radius 2 is 2.00 bits per heavy atom. The average molecular weight is 295 g/mol. The number of nitrogens with zero attached hydrogens (tertiary/aromatic N) is 1. The molecule has 1 saturated heterocycles. The number of fused-ring (bicyclic) bond motifs is 1. The largest absolute Gasteiger partial charge is 0.445 e. The highest BCUT2D eigenvalue weighted by molar-refractivity contribution is 5.83. The van der Waals surface area contributed by atoms with Crippen LogP contribution in [0.1, 0.15) is 18.4 Å². The lowest BCUT2D eigenvalue weighted by atomic mass is 10.0. The standard InChI is InChI=1S/C15H15F2NO3/c16-15(17)9-18(13-7-11(19)6-12(13)15)14(20)21-8-10-4-2-1-3-5-10/h1-5,12-13H,6-9H2/t12-,13+/m0/s1. The maximum atomic E-state index is 13.8. The number of halogens is 2. The van der Waals surface area contributed by atoms with Crippen molar-refractivity contribution in [3.8, 4) is 0 Å². The molecule has 0 unspecified atom stereocenters. The van der Waals surface area contributed by atoms with Crippen LogP contribution < -0.4 is 0 Å². The van der Waals surface area contributed by atoms with Gasteiger partial charge in [0.2, 0.25) is 0 Å². The summed E-state index contributed by atoms with van der Waals surface area (Å²) >= 11 is 0. The SMILES string of the molecule is O=C1C[C@@H]2[C@H](C1)C(F)(F)CN2C(=O)OCc1ccccc1. The molecular weight excluding hydrogens is 280 g/mol. The highest BCUT2D eigenvalue weighted by atomic mass is 19.3. The van der Waals surface area contributed by atoms with Gasteiger partial charge < -0.3 is 4.74 Å². The summed E-state index contributed by atoms with van der Waals surface area (Å²) in [6.07, 6.45) is -0.929. The molecule has 1 aromatic rings. The van der Waals surface area contributed by atoms with Crippen molar-refractivity contribution >= 4 is 11.9 Å². The fraction of sp³-hybridized carbons (Fsp3) is 0.467. The molecule has 0 aromatic heterocycles. The van der Waals surface area contributed by atoms with E-state index in [1.165, 1.54) is 0 Å². The fourth-order valence-electron chi connectivity index (χ4n) is 3.06. The molecule has 1 aliphatic carbocycles. The molecule has 1 heterocycles. The van der Waals surface area contributed by atoms with Crippen LogP contribution in [0.25, 0.3) is 0 Å². The third-order valence-electron chi connectivity index (χ3n) is 4.11. The Morgan fingerprint density at radius 3 is 2.71 bits per heavy atom. The zero-order chi connectivity index (χ0) is 15.0. The summed E-state index contributed by atoms with van der Waals surface area (Å²) < 4.78 is 32.8. The molecule has 6 heteroatoms. The molecule has 1 aliphatic heterocycles. The number of carbonyl (C=O) groups is 2. The molecule has 0 radical (unpaired) electrons. The van der Waals surface area contributed by atoms with Crippen LogP contribution in [0.5, 0.6) is 0 Å². The van der Waals surface area contributed by atoms with Gasteiger partial charge in [0.15, 0.2) is 0 Å². The zero-order valence-electron chi connectivity index (χ0n) is 11.3. The van der Waals surface area contributed by atoms with E-state index in [1.807, 2.05) is 6.07 Å². The molecule has 0 N–H and O–H groups in total. The Bertz CT molecular complexity index is 561. The third kappa shape index (κ3) is 2.62. The molecule has 3 rings (SSSR count). The highest BCUT2D eigenvalue weighted by Gasteiger charge is 2.59. The van der Waals surface area contributed by atoms with Crippen molar-refractivity contribution in [3.05, 3.63) is 35.9 Å². The van der Waals surface area contributed by atoms with Crippen LogP contribution in [0.4, 0.5) is 13.6 Å². The van der Waals surface area contributed by atoms with E-state index in [9.17, 15) is 18.4 Å². The molecule has 21 heavy (non-hydrogen) atoms. The smallest absolute Gasteiger partial charge is 0.410 e. The second-order valence-electron chi connectivity index (χ2n) is 5.55. The van der Waals surface area contributed by atoms with Gasteiger partial charge in [0, 0.05) is 12.8 Å². The molecule has 112 valence electrons.